The molecule has 0 aliphatic rings. The van der Waals surface area contributed by atoms with Crippen molar-refractivity contribution in [3.63, 3.8) is 0 Å². The number of aromatic hydroxyl groups is 1. The molecule has 0 saturated carbocycles. The van der Waals surface area contributed by atoms with E-state index < -0.39 is 24.5 Å². The van der Waals surface area contributed by atoms with E-state index in [1.807, 2.05) is 5.32 Å². The minimum atomic E-state index is -0.744. The molecule has 0 unspecified atom stereocenters. The third-order valence-electron chi connectivity index (χ3n) is 3.00. The summed E-state index contributed by atoms with van der Waals surface area (Å²) in [5.41, 5.74) is 1.01. The van der Waals surface area contributed by atoms with Gasteiger partial charge in [-0.05, 0) is 12.1 Å². The van der Waals surface area contributed by atoms with Gasteiger partial charge in [0.25, 0.3) is 5.91 Å². The van der Waals surface area contributed by atoms with Crippen LogP contribution in [0.15, 0.2) is 41.5 Å². The number of urea groups is 1. The number of imide groups is 1. The van der Waals surface area contributed by atoms with Crippen molar-refractivity contribution in [1.29, 1.82) is 0 Å². The molecular formula is C16H16N2O6. The van der Waals surface area contributed by atoms with Crippen LogP contribution in [0.1, 0.15) is 5.56 Å². The van der Waals surface area contributed by atoms with Gasteiger partial charge in [0.15, 0.2) is 6.61 Å². The summed E-state index contributed by atoms with van der Waals surface area (Å²) >= 11 is 0. The Labute approximate surface area is 137 Å². The Hall–Kier alpha value is -3.29. The molecule has 0 aliphatic heterocycles. The first-order valence-electron chi connectivity index (χ1n) is 7.03. The Bertz CT molecular complexity index is 780. The number of carbonyl (C=O) groups is 3. The number of amides is 3. The first-order valence-corrected chi connectivity index (χ1v) is 7.03. The fourth-order valence-corrected chi connectivity index (χ4v) is 1.93. The molecule has 1 heterocycles. The van der Waals surface area contributed by atoms with Crippen LogP contribution in [0, 0.1) is 0 Å². The number of nitrogens with one attached hydrogen (secondary N) is 2. The van der Waals surface area contributed by atoms with E-state index >= 15 is 0 Å². The van der Waals surface area contributed by atoms with Gasteiger partial charge in [0.05, 0.1) is 12.7 Å². The third kappa shape index (κ3) is 4.60. The molecule has 2 aromatic rings. The first-order chi connectivity index (χ1) is 11.5. The predicted octanol–water partition coefficient (Wildman–Crippen LogP) is 1.24. The van der Waals surface area contributed by atoms with Crippen LogP contribution in [0.4, 0.5) is 4.79 Å². The highest BCUT2D eigenvalue weighted by atomic mass is 16.5. The quantitative estimate of drug-likeness (QED) is 0.541. The molecule has 3 N–H and O–H groups in total. The molecule has 3 amide bonds. The minimum absolute atomic E-state index is 0.0531. The number of fused-ring (bicyclic) bond motifs is 1. The maximum atomic E-state index is 11.8. The molecule has 0 aliphatic carbocycles. The maximum absolute atomic E-state index is 11.8. The van der Waals surface area contributed by atoms with Crippen LogP contribution in [0.25, 0.3) is 11.0 Å². The molecule has 0 atom stereocenters. The number of rotatable bonds is 6. The highest BCUT2D eigenvalue weighted by Crippen LogP contribution is 2.25. The van der Waals surface area contributed by atoms with E-state index in [-0.39, 0.29) is 18.7 Å². The fraction of sp³-hybridized carbons (Fsp3) is 0.188. The van der Waals surface area contributed by atoms with Gasteiger partial charge in [-0.15, -0.1) is 6.58 Å². The van der Waals surface area contributed by atoms with Crippen molar-refractivity contribution in [2.24, 2.45) is 0 Å². The molecule has 2 rings (SSSR count). The van der Waals surface area contributed by atoms with Crippen molar-refractivity contribution < 1.29 is 28.6 Å². The lowest BCUT2D eigenvalue weighted by Crippen LogP contribution is -2.41. The summed E-state index contributed by atoms with van der Waals surface area (Å²) in [6, 6.07) is 3.83. The summed E-state index contributed by atoms with van der Waals surface area (Å²) in [5, 5.41) is 14.4. The predicted molar refractivity (Wildman–Crippen MR) is 84.3 cm³/mol. The van der Waals surface area contributed by atoms with Gasteiger partial charge < -0.3 is 19.6 Å². The zero-order valence-electron chi connectivity index (χ0n) is 12.7. The molecule has 24 heavy (non-hydrogen) atoms. The highest BCUT2D eigenvalue weighted by Gasteiger charge is 2.14. The van der Waals surface area contributed by atoms with E-state index in [2.05, 4.69) is 11.9 Å². The number of phenolic OH excluding ortho intramolecular Hbond substituents is 1. The van der Waals surface area contributed by atoms with Gasteiger partial charge in [0.1, 0.15) is 11.3 Å². The van der Waals surface area contributed by atoms with Crippen LogP contribution in [0.5, 0.6) is 5.75 Å². The monoisotopic (exact) mass is 332 g/mol. The van der Waals surface area contributed by atoms with Crippen molar-refractivity contribution >= 4 is 28.9 Å². The number of hydrogen-bond acceptors (Lipinski definition) is 6. The van der Waals surface area contributed by atoms with E-state index in [1.165, 1.54) is 24.5 Å². The Morgan fingerprint density at radius 1 is 1.33 bits per heavy atom. The number of furan rings is 1. The van der Waals surface area contributed by atoms with Gasteiger partial charge in [-0.1, -0.05) is 6.08 Å². The minimum Gasteiger partial charge on any atom is -0.508 e. The summed E-state index contributed by atoms with van der Waals surface area (Å²) in [5.74, 6) is -1.34. The van der Waals surface area contributed by atoms with Crippen molar-refractivity contribution in [2.45, 2.75) is 6.42 Å². The molecule has 1 aromatic heterocycles. The summed E-state index contributed by atoms with van der Waals surface area (Å²) < 4.78 is 10.1. The van der Waals surface area contributed by atoms with Gasteiger partial charge in [0.2, 0.25) is 0 Å². The van der Waals surface area contributed by atoms with Crippen molar-refractivity contribution in [1.82, 2.24) is 10.6 Å². The van der Waals surface area contributed by atoms with E-state index in [0.717, 1.165) is 0 Å². The van der Waals surface area contributed by atoms with Crippen LogP contribution < -0.4 is 10.6 Å². The summed E-state index contributed by atoms with van der Waals surface area (Å²) in [6.07, 6.45) is 2.74. The lowest BCUT2D eigenvalue weighted by Gasteiger charge is -2.06. The van der Waals surface area contributed by atoms with E-state index in [1.54, 1.807) is 6.07 Å². The number of benzene rings is 1. The first kappa shape index (κ1) is 17.1. The van der Waals surface area contributed by atoms with Crippen LogP contribution >= 0.6 is 0 Å². The molecule has 126 valence electrons. The number of ether oxygens (including phenoxy) is 1. The van der Waals surface area contributed by atoms with E-state index in [0.29, 0.717) is 16.5 Å². The number of carbonyl (C=O) groups excluding carboxylic acids is 3. The number of phenols is 1. The van der Waals surface area contributed by atoms with Gasteiger partial charge >= 0.3 is 12.0 Å². The fourth-order valence-electron chi connectivity index (χ4n) is 1.93. The number of hydrogen-bond donors (Lipinski definition) is 3. The molecular weight excluding hydrogens is 316 g/mol. The summed E-state index contributed by atoms with van der Waals surface area (Å²) in [4.78, 5) is 34.5. The van der Waals surface area contributed by atoms with E-state index in [4.69, 9.17) is 9.15 Å². The molecule has 0 bridgehead atoms. The van der Waals surface area contributed by atoms with E-state index in [9.17, 15) is 19.5 Å². The van der Waals surface area contributed by atoms with Gasteiger partial charge in [-0.2, -0.15) is 0 Å². The zero-order chi connectivity index (χ0) is 17.5. The molecule has 0 spiro atoms. The van der Waals surface area contributed by atoms with Crippen molar-refractivity contribution in [2.75, 3.05) is 13.2 Å². The Kier molecular flexibility index (Phi) is 5.56. The molecule has 8 heteroatoms. The second-order valence-corrected chi connectivity index (χ2v) is 4.83. The standard InChI is InChI=1S/C16H16N2O6/c1-2-5-17-16(22)18-14(20)9-24-15(21)6-10-8-23-13-7-11(19)3-4-12(10)13/h2-4,7-8,19H,1,5-6,9H2,(H2,17,18,20,22). The van der Waals surface area contributed by atoms with Crippen LogP contribution in [-0.2, 0) is 20.7 Å². The molecule has 0 saturated heterocycles. The Morgan fingerprint density at radius 3 is 2.88 bits per heavy atom. The summed E-state index contributed by atoms with van der Waals surface area (Å²) in [7, 11) is 0. The molecule has 1 aromatic carbocycles. The topological polar surface area (TPSA) is 118 Å². The zero-order valence-corrected chi connectivity index (χ0v) is 12.7. The second kappa shape index (κ2) is 7.82. The average Bonchev–Trinajstić information content (AvgIpc) is 2.93. The van der Waals surface area contributed by atoms with Crippen molar-refractivity contribution in [3.05, 3.63) is 42.7 Å². The van der Waals surface area contributed by atoms with Gasteiger partial charge in [-0.25, -0.2) is 4.79 Å². The second-order valence-electron chi connectivity index (χ2n) is 4.83. The van der Waals surface area contributed by atoms with Crippen molar-refractivity contribution in [3.8, 4) is 5.75 Å². The third-order valence-corrected chi connectivity index (χ3v) is 3.00. The lowest BCUT2D eigenvalue weighted by molar-refractivity contribution is -0.147. The average molecular weight is 332 g/mol. The lowest BCUT2D eigenvalue weighted by atomic mass is 10.1. The molecule has 0 fully saturated rings. The SMILES string of the molecule is C=CCNC(=O)NC(=O)COC(=O)Cc1coc2cc(O)ccc12. The maximum Gasteiger partial charge on any atom is 0.321 e. The smallest absolute Gasteiger partial charge is 0.321 e. The van der Waals surface area contributed by atoms with Crippen LogP contribution in [-0.4, -0.2) is 36.2 Å². The molecule has 0 radical (unpaired) electrons. The largest absolute Gasteiger partial charge is 0.508 e. The Balaban J connectivity index is 1.83. The van der Waals surface area contributed by atoms with Gasteiger partial charge in [0, 0.05) is 23.6 Å². The number of esters is 1. The van der Waals surface area contributed by atoms with Crippen LogP contribution in [0.3, 0.4) is 0 Å². The van der Waals surface area contributed by atoms with Gasteiger partial charge in [-0.3, -0.25) is 14.9 Å². The summed E-state index contributed by atoms with van der Waals surface area (Å²) in [6.45, 7) is 3.05. The van der Waals surface area contributed by atoms with Crippen LogP contribution in [0.2, 0.25) is 0 Å². The normalized spacial score (nSPS) is 10.2. The molecule has 8 nitrogen and oxygen atoms in total. The Morgan fingerprint density at radius 2 is 2.12 bits per heavy atom. The highest BCUT2D eigenvalue weighted by molar-refractivity contribution is 5.95.